The Morgan fingerprint density at radius 3 is 2.44 bits per heavy atom. The Bertz CT molecular complexity index is 719. The minimum absolute atomic E-state index is 0.0760. The maximum atomic E-state index is 11.1. The Kier molecular flexibility index (Phi) is 6.88. The number of hydrogen-bond acceptors (Lipinski definition) is 4. The average Bonchev–Trinajstić information content (AvgIpc) is 2.66. The molecule has 2 N–H and O–H groups in total. The summed E-state index contributed by atoms with van der Waals surface area (Å²) >= 11 is 0. The number of aliphatic hydroxyl groups excluding tert-OH is 1. The van der Waals surface area contributed by atoms with Crippen LogP contribution in [0.15, 0.2) is 42.5 Å². The lowest BCUT2D eigenvalue weighted by Crippen LogP contribution is -2.55. The highest BCUT2D eigenvalue weighted by molar-refractivity contribution is 5.86. The van der Waals surface area contributed by atoms with E-state index in [1.165, 1.54) is 16.3 Å². The van der Waals surface area contributed by atoms with Crippen molar-refractivity contribution in [2.45, 2.75) is 52.0 Å². The van der Waals surface area contributed by atoms with Gasteiger partial charge in [0.25, 0.3) is 0 Å². The largest absolute Gasteiger partial charge is 0.365 e. The number of hydrogen-bond donors (Lipinski definition) is 2. The van der Waals surface area contributed by atoms with E-state index in [4.69, 9.17) is 0 Å². The molecule has 0 aromatic heterocycles. The van der Waals surface area contributed by atoms with Crippen LogP contribution in [0.2, 0.25) is 0 Å². The lowest BCUT2D eigenvalue weighted by atomic mass is 9.99. The van der Waals surface area contributed by atoms with Crippen molar-refractivity contribution in [3.63, 3.8) is 0 Å². The summed E-state index contributed by atoms with van der Waals surface area (Å²) in [7, 11) is 2.18. The van der Waals surface area contributed by atoms with Gasteiger partial charge in [0, 0.05) is 18.6 Å². The number of fused-ring (bicyclic) bond motifs is 1. The van der Waals surface area contributed by atoms with Gasteiger partial charge in [0.15, 0.2) is 6.35 Å². The average molecular weight is 370 g/mol. The number of piperidine rings is 1. The summed E-state index contributed by atoms with van der Waals surface area (Å²) in [6.45, 7) is 9.71. The van der Waals surface area contributed by atoms with Crippen molar-refractivity contribution in [3.05, 3.63) is 48.0 Å². The number of nitrogens with one attached hydrogen (secondary N) is 1. The van der Waals surface area contributed by atoms with E-state index in [2.05, 4.69) is 85.4 Å². The van der Waals surface area contributed by atoms with Crippen LogP contribution in [0, 0.1) is 5.92 Å². The maximum absolute atomic E-state index is 11.1. The summed E-state index contributed by atoms with van der Waals surface area (Å²) in [4.78, 5) is 4.65. The molecular weight excluding hydrogens is 334 g/mol. The molecular formula is C23H35N3O. The zero-order valence-corrected chi connectivity index (χ0v) is 17.2. The molecule has 4 nitrogen and oxygen atoms in total. The van der Waals surface area contributed by atoms with Crippen LogP contribution in [0.5, 0.6) is 0 Å². The number of aliphatic hydroxyl groups is 1. The van der Waals surface area contributed by atoms with E-state index in [1.807, 2.05) is 0 Å². The van der Waals surface area contributed by atoms with E-state index in [1.54, 1.807) is 0 Å². The molecule has 0 bridgehead atoms. The fraction of sp³-hybridized carbons (Fsp3) is 0.565. The second-order valence-electron chi connectivity index (χ2n) is 8.46. The molecule has 0 spiro atoms. The van der Waals surface area contributed by atoms with Gasteiger partial charge < -0.3 is 10.0 Å². The predicted octanol–water partition coefficient (Wildman–Crippen LogP) is 3.82. The van der Waals surface area contributed by atoms with Crippen LogP contribution >= 0.6 is 0 Å². The monoisotopic (exact) mass is 369 g/mol. The lowest BCUT2D eigenvalue weighted by molar-refractivity contribution is -0.0712. The standard InChI is InChI=1S/C23H35N3O/c1-17(2)16-26(20-12-14-25(4)15-13-20)23(27)24-18(3)21-11-7-9-19-8-5-6-10-22(19)21/h5-11,17-18,20,23-24,27H,12-16H2,1-4H3. The molecule has 1 aliphatic heterocycles. The van der Waals surface area contributed by atoms with E-state index >= 15 is 0 Å². The van der Waals surface area contributed by atoms with Gasteiger partial charge in [-0.2, -0.15) is 0 Å². The topological polar surface area (TPSA) is 38.7 Å². The maximum Gasteiger partial charge on any atom is 0.163 e. The number of rotatable bonds is 7. The van der Waals surface area contributed by atoms with Gasteiger partial charge in [0.2, 0.25) is 0 Å². The first-order valence-corrected chi connectivity index (χ1v) is 10.3. The van der Waals surface area contributed by atoms with Crippen LogP contribution in [0.1, 0.15) is 45.2 Å². The normalized spacial score (nSPS) is 19.1. The smallest absolute Gasteiger partial charge is 0.163 e. The van der Waals surface area contributed by atoms with Gasteiger partial charge in [0.1, 0.15) is 0 Å². The second-order valence-corrected chi connectivity index (χ2v) is 8.46. The van der Waals surface area contributed by atoms with E-state index in [0.717, 1.165) is 32.5 Å². The molecule has 2 atom stereocenters. The lowest BCUT2D eigenvalue weighted by Gasteiger charge is -2.41. The van der Waals surface area contributed by atoms with Gasteiger partial charge in [-0.3, -0.25) is 10.2 Å². The second kappa shape index (κ2) is 9.16. The summed E-state index contributed by atoms with van der Waals surface area (Å²) in [6.07, 6.45) is 1.60. The summed E-state index contributed by atoms with van der Waals surface area (Å²) < 4.78 is 0. The van der Waals surface area contributed by atoms with E-state index in [9.17, 15) is 5.11 Å². The van der Waals surface area contributed by atoms with Crippen molar-refractivity contribution in [2.75, 3.05) is 26.7 Å². The van der Waals surface area contributed by atoms with Gasteiger partial charge in [-0.1, -0.05) is 56.3 Å². The van der Waals surface area contributed by atoms with Crippen LogP contribution in [0.25, 0.3) is 10.8 Å². The first-order valence-electron chi connectivity index (χ1n) is 10.3. The van der Waals surface area contributed by atoms with E-state index in [-0.39, 0.29) is 6.04 Å². The van der Waals surface area contributed by atoms with Gasteiger partial charge in [-0.15, -0.1) is 0 Å². The third-order valence-electron chi connectivity index (χ3n) is 5.74. The Morgan fingerprint density at radius 2 is 1.74 bits per heavy atom. The zero-order chi connectivity index (χ0) is 19.4. The van der Waals surface area contributed by atoms with E-state index < -0.39 is 6.35 Å². The Morgan fingerprint density at radius 1 is 1.07 bits per heavy atom. The van der Waals surface area contributed by atoms with Crippen molar-refractivity contribution in [3.8, 4) is 0 Å². The molecule has 1 aliphatic rings. The van der Waals surface area contributed by atoms with Crippen LogP contribution in [-0.4, -0.2) is 54.0 Å². The van der Waals surface area contributed by atoms with Crippen molar-refractivity contribution < 1.29 is 5.11 Å². The number of likely N-dealkylation sites (tertiary alicyclic amines) is 1. The molecule has 2 aromatic carbocycles. The van der Waals surface area contributed by atoms with Crippen molar-refractivity contribution in [2.24, 2.45) is 5.92 Å². The van der Waals surface area contributed by atoms with Gasteiger partial charge >= 0.3 is 0 Å². The highest BCUT2D eigenvalue weighted by Gasteiger charge is 2.29. The summed E-state index contributed by atoms with van der Waals surface area (Å²) in [5, 5.41) is 17.0. The highest BCUT2D eigenvalue weighted by Crippen LogP contribution is 2.25. The zero-order valence-electron chi connectivity index (χ0n) is 17.2. The molecule has 0 radical (unpaired) electrons. The number of nitrogens with zero attached hydrogens (tertiary/aromatic N) is 2. The Labute approximate surface area is 164 Å². The molecule has 1 fully saturated rings. The van der Waals surface area contributed by atoms with Gasteiger partial charge in [-0.25, -0.2) is 0 Å². The number of benzene rings is 2. The fourth-order valence-corrected chi connectivity index (χ4v) is 4.23. The molecule has 0 saturated carbocycles. The third-order valence-corrected chi connectivity index (χ3v) is 5.74. The fourth-order valence-electron chi connectivity index (χ4n) is 4.23. The van der Waals surface area contributed by atoms with Gasteiger partial charge in [-0.05, 0) is 62.2 Å². The molecule has 4 heteroatoms. The molecule has 3 rings (SSSR count). The first-order chi connectivity index (χ1) is 13.0. The minimum Gasteiger partial charge on any atom is -0.365 e. The van der Waals surface area contributed by atoms with Crippen molar-refractivity contribution in [1.29, 1.82) is 0 Å². The van der Waals surface area contributed by atoms with Crippen LogP contribution in [0.4, 0.5) is 0 Å². The van der Waals surface area contributed by atoms with Crippen LogP contribution < -0.4 is 5.32 Å². The Balaban J connectivity index is 1.74. The first kappa shape index (κ1) is 20.3. The van der Waals surface area contributed by atoms with Crippen molar-refractivity contribution >= 4 is 10.8 Å². The van der Waals surface area contributed by atoms with Gasteiger partial charge in [0.05, 0.1) is 0 Å². The quantitative estimate of drug-likeness (QED) is 0.728. The molecule has 1 saturated heterocycles. The molecule has 0 amide bonds. The third kappa shape index (κ3) is 5.08. The molecule has 2 aromatic rings. The highest BCUT2D eigenvalue weighted by atomic mass is 16.3. The summed E-state index contributed by atoms with van der Waals surface area (Å²) in [6, 6.07) is 15.4. The van der Waals surface area contributed by atoms with E-state index in [0.29, 0.717) is 12.0 Å². The van der Waals surface area contributed by atoms with Crippen molar-refractivity contribution in [1.82, 2.24) is 15.1 Å². The molecule has 2 unspecified atom stereocenters. The van der Waals surface area contributed by atoms with Crippen LogP contribution in [0.3, 0.4) is 0 Å². The summed E-state index contributed by atoms with van der Waals surface area (Å²) in [5.74, 6) is 0.522. The predicted molar refractivity (Wildman–Crippen MR) is 114 cm³/mol. The summed E-state index contributed by atoms with van der Waals surface area (Å²) in [5.41, 5.74) is 1.24. The Hall–Kier alpha value is -1.46. The molecule has 1 heterocycles. The SMILES string of the molecule is CC(C)CN(C1CCN(C)CC1)C(O)NC(C)c1cccc2ccccc12. The minimum atomic E-state index is -0.630. The molecule has 148 valence electrons. The molecule has 0 aliphatic carbocycles. The molecule has 27 heavy (non-hydrogen) atoms. The van der Waals surface area contributed by atoms with Crippen LogP contribution in [-0.2, 0) is 0 Å².